The van der Waals surface area contributed by atoms with E-state index in [9.17, 15) is 4.79 Å². The van der Waals surface area contributed by atoms with Gasteiger partial charge in [0.25, 0.3) is 0 Å². The van der Waals surface area contributed by atoms with E-state index in [-0.39, 0.29) is 5.91 Å². The molecule has 18 heavy (non-hydrogen) atoms. The zero-order valence-electron chi connectivity index (χ0n) is 10.7. The maximum Gasteiger partial charge on any atom is 0.233 e. The number of rotatable bonds is 6. The van der Waals surface area contributed by atoms with E-state index < -0.39 is 0 Å². The molecule has 0 saturated heterocycles. The van der Waals surface area contributed by atoms with Crippen LogP contribution < -0.4 is 10.6 Å². The molecule has 1 aliphatic rings. The van der Waals surface area contributed by atoms with Gasteiger partial charge in [-0.3, -0.25) is 9.78 Å². The molecular formula is C14H21N3O. The molecule has 1 fully saturated rings. The van der Waals surface area contributed by atoms with Crippen LogP contribution in [0.25, 0.3) is 0 Å². The van der Waals surface area contributed by atoms with Crippen LogP contribution in [0.2, 0.25) is 0 Å². The van der Waals surface area contributed by atoms with Crippen LogP contribution in [0.5, 0.6) is 0 Å². The van der Waals surface area contributed by atoms with E-state index >= 15 is 0 Å². The minimum atomic E-state index is 0.0813. The molecule has 1 amide bonds. The monoisotopic (exact) mass is 247 g/mol. The maximum atomic E-state index is 11.6. The lowest BCUT2D eigenvalue weighted by atomic mass is 10.2. The molecule has 4 heteroatoms. The summed E-state index contributed by atoms with van der Waals surface area (Å²) < 4.78 is 0. The van der Waals surface area contributed by atoms with E-state index in [4.69, 9.17) is 0 Å². The van der Waals surface area contributed by atoms with Crippen molar-refractivity contribution < 1.29 is 4.79 Å². The number of hydrogen-bond acceptors (Lipinski definition) is 3. The van der Waals surface area contributed by atoms with Crippen molar-refractivity contribution in [1.82, 2.24) is 15.6 Å². The number of aromatic nitrogens is 1. The summed E-state index contributed by atoms with van der Waals surface area (Å²) in [6.45, 7) is 1.09. The van der Waals surface area contributed by atoms with Gasteiger partial charge in [-0.15, -0.1) is 0 Å². The second kappa shape index (κ2) is 7.11. The van der Waals surface area contributed by atoms with Gasteiger partial charge in [0.15, 0.2) is 0 Å². The molecule has 0 unspecified atom stereocenters. The maximum absolute atomic E-state index is 11.6. The second-order valence-electron chi connectivity index (χ2n) is 4.78. The molecule has 0 aliphatic heterocycles. The minimum Gasteiger partial charge on any atom is -0.355 e. The molecule has 0 spiro atoms. The van der Waals surface area contributed by atoms with Gasteiger partial charge in [0, 0.05) is 30.9 Å². The third-order valence-corrected chi connectivity index (χ3v) is 3.34. The third kappa shape index (κ3) is 4.45. The summed E-state index contributed by atoms with van der Waals surface area (Å²) >= 11 is 0. The average Bonchev–Trinajstić information content (AvgIpc) is 2.91. The molecule has 0 bridgehead atoms. The van der Waals surface area contributed by atoms with E-state index in [0.717, 1.165) is 12.1 Å². The second-order valence-corrected chi connectivity index (χ2v) is 4.78. The summed E-state index contributed by atoms with van der Waals surface area (Å²) in [6, 6.07) is 6.38. The van der Waals surface area contributed by atoms with E-state index in [1.54, 1.807) is 6.20 Å². The van der Waals surface area contributed by atoms with Gasteiger partial charge < -0.3 is 10.6 Å². The van der Waals surface area contributed by atoms with Crippen molar-refractivity contribution >= 4 is 5.91 Å². The lowest BCUT2D eigenvalue weighted by molar-refractivity contribution is -0.120. The van der Waals surface area contributed by atoms with Crippen LogP contribution >= 0.6 is 0 Å². The summed E-state index contributed by atoms with van der Waals surface area (Å²) in [6.07, 6.45) is 7.56. The van der Waals surface area contributed by atoms with Crippen molar-refractivity contribution in [3.8, 4) is 0 Å². The zero-order chi connectivity index (χ0) is 12.6. The van der Waals surface area contributed by atoms with Crippen LogP contribution in [-0.2, 0) is 11.2 Å². The highest BCUT2D eigenvalue weighted by molar-refractivity contribution is 5.78. The molecule has 2 rings (SSSR count). The number of hydrogen-bond donors (Lipinski definition) is 2. The standard InChI is InChI=1S/C14H21N3O/c18-14(11-17-12-5-1-2-6-12)16-10-8-13-7-3-4-9-15-13/h3-4,7,9,12,17H,1-2,5-6,8,10-11H2,(H,16,18). The summed E-state index contributed by atoms with van der Waals surface area (Å²) in [5, 5.41) is 6.22. The van der Waals surface area contributed by atoms with Crippen molar-refractivity contribution in [2.24, 2.45) is 0 Å². The SMILES string of the molecule is O=C(CNC1CCCC1)NCCc1ccccn1. The molecule has 0 radical (unpaired) electrons. The Morgan fingerprint density at radius 2 is 2.17 bits per heavy atom. The molecule has 0 atom stereocenters. The Balaban J connectivity index is 1.57. The first-order valence-electron chi connectivity index (χ1n) is 6.74. The minimum absolute atomic E-state index is 0.0813. The molecule has 1 aliphatic carbocycles. The fourth-order valence-corrected chi connectivity index (χ4v) is 2.31. The summed E-state index contributed by atoms with van der Waals surface area (Å²) in [5.41, 5.74) is 1.02. The number of amides is 1. The van der Waals surface area contributed by atoms with Crippen molar-refractivity contribution in [2.45, 2.75) is 38.1 Å². The van der Waals surface area contributed by atoms with Crippen LogP contribution in [0.4, 0.5) is 0 Å². The first kappa shape index (κ1) is 13.0. The predicted octanol–water partition coefficient (Wildman–Crippen LogP) is 1.27. The average molecular weight is 247 g/mol. The predicted molar refractivity (Wildman–Crippen MR) is 71.2 cm³/mol. The zero-order valence-corrected chi connectivity index (χ0v) is 10.7. The highest BCUT2D eigenvalue weighted by Crippen LogP contribution is 2.17. The van der Waals surface area contributed by atoms with Gasteiger partial charge in [-0.2, -0.15) is 0 Å². The Morgan fingerprint density at radius 3 is 2.89 bits per heavy atom. The van der Waals surface area contributed by atoms with Crippen molar-refractivity contribution in [3.63, 3.8) is 0 Å². The number of carbonyl (C=O) groups excluding carboxylic acids is 1. The summed E-state index contributed by atoms with van der Waals surface area (Å²) in [7, 11) is 0. The third-order valence-electron chi connectivity index (χ3n) is 3.34. The van der Waals surface area contributed by atoms with Gasteiger partial charge in [-0.25, -0.2) is 0 Å². The fraction of sp³-hybridized carbons (Fsp3) is 0.571. The number of pyridine rings is 1. The van der Waals surface area contributed by atoms with Crippen molar-refractivity contribution in [2.75, 3.05) is 13.1 Å². The Labute approximate surface area is 108 Å². The molecule has 1 saturated carbocycles. The van der Waals surface area contributed by atoms with Crippen LogP contribution in [0.15, 0.2) is 24.4 Å². The van der Waals surface area contributed by atoms with Gasteiger partial charge in [0.05, 0.1) is 6.54 Å². The Kier molecular flexibility index (Phi) is 5.15. The Bertz CT molecular complexity index is 361. The van der Waals surface area contributed by atoms with Crippen LogP contribution in [0.3, 0.4) is 0 Å². The van der Waals surface area contributed by atoms with E-state index in [1.165, 1.54) is 25.7 Å². The lowest BCUT2D eigenvalue weighted by Gasteiger charge is -2.11. The highest BCUT2D eigenvalue weighted by Gasteiger charge is 2.14. The Hall–Kier alpha value is -1.42. The topological polar surface area (TPSA) is 54.0 Å². The lowest BCUT2D eigenvalue weighted by Crippen LogP contribution is -2.38. The first-order valence-corrected chi connectivity index (χ1v) is 6.74. The molecule has 1 aromatic heterocycles. The molecule has 2 N–H and O–H groups in total. The van der Waals surface area contributed by atoms with Gasteiger partial charge in [-0.05, 0) is 25.0 Å². The Morgan fingerprint density at radius 1 is 1.33 bits per heavy atom. The summed E-state index contributed by atoms with van der Waals surface area (Å²) in [5.74, 6) is 0.0813. The number of nitrogens with zero attached hydrogens (tertiary/aromatic N) is 1. The number of carbonyl (C=O) groups is 1. The highest BCUT2D eigenvalue weighted by atomic mass is 16.1. The number of nitrogens with one attached hydrogen (secondary N) is 2. The van der Waals surface area contributed by atoms with Gasteiger partial charge in [-0.1, -0.05) is 18.9 Å². The molecule has 0 aromatic carbocycles. The van der Waals surface area contributed by atoms with E-state index in [2.05, 4.69) is 15.6 Å². The van der Waals surface area contributed by atoms with Crippen molar-refractivity contribution in [1.29, 1.82) is 0 Å². The largest absolute Gasteiger partial charge is 0.355 e. The fourth-order valence-electron chi connectivity index (χ4n) is 2.31. The smallest absolute Gasteiger partial charge is 0.233 e. The van der Waals surface area contributed by atoms with Crippen LogP contribution in [-0.4, -0.2) is 30.0 Å². The van der Waals surface area contributed by atoms with E-state index in [1.807, 2.05) is 18.2 Å². The molecule has 4 nitrogen and oxygen atoms in total. The van der Waals surface area contributed by atoms with Gasteiger partial charge in [0.1, 0.15) is 0 Å². The van der Waals surface area contributed by atoms with Crippen LogP contribution in [0.1, 0.15) is 31.4 Å². The molecule has 1 heterocycles. The quantitative estimate of drug-likeness (QED) is 0.796. The normalized spacial score (nSPS) is 15.8. The van der Waals surface area contributed by atoms with E-state index in [0.29, 0.717) is 19.1 Å². The molecule has 98 valence electrons. The first-order chi connectivity index (χ1) is 8.84. The van der Waals surface area contributed by atoms with Gasteiger partial charge in [0.2, 0.25) is 5.91 Å². The van der Waals surface area contributed by atoms with Crippen LogP contribution in [0, 0.1) is 0 Å². The molecular weight excluding hydrogens is 226 g/mol. The summed E-state index contributed by atoms with van der Waals surface area (Å²) in [4.78, 5) is 15.8. The molecule has 1 aromatic rings. The van der Waals surface area contributed by atoms with Gasteiger partial charge >= 0.3 is 0 Å². The van der Waals surface area contributed by atoms with Crippen molar-refractivity contribution in [3.05, 3.63) is 30.1 Å².